The minimum absolute atomic E-state index is 0.0570. The molecular formula is C13H18ClNO2S. The van der Waals surface area contributed by atoms with Crippen LogP contribution in [0.25, 0.3) is 0 Å². The summed E-state index contributed by atoms with van der Waals surface area (Å²) >= 11 is 7.51. The van der Waals surface area contributed by atoms with E-state index in [0.717, 1.165) is 36.6 Å². The fourth-order valence-corrected chi connectivity index (χ4v) is 3.43. The van der Waals surface area contributed by atoms with Crippen molar-refractivity contribution in [3.8, 4) is 0 Å². The lowest BCUT2D eigenvalue weighted by Gasteiger charge is -2.27. The molecule has 1 saturated carbocycles. The quantitative estimate of drug-likeness (QED) is 0.864. The smallest absolute Gasteiger partial charge is 0.308 e. The minimum atomic E-state index is -0.0570. The van der Waals surface area contributed by atoms with Crippen molar-refractivity contribution in [3.63, 3.8) is 0 Å². The third-order valence-corrected chi connectivity index (χ3v) is 4.69. The molecule has 18 heavy (non-hydrogen) atoms. The summed E-state index contributed by atoms with van der Waals surface area (Å²) in [6.07, 6.45) is 3.93. The third-order valence-electron chi connectivity index (χ3n) is 3.46. The van der Waals surface area contributed by atoms with Crippen LogP contribution < -0.4 is 5.32 Å². The molecule has 0 bridgehead atoms. The van der Waals surface area contributed by atoms with Gasteiger partial charge in [-0.15, -0.1) is 11.3 Å². The number of thiophene rings is 1. The van der Waals surface area contributed by atoms with Crippen LogP contribution in [0.4, 0.5) is 0 Å². The average molecular weight is 288 g/mol. The molecule has 1 aromatic rings. The number of carbonyl (C=O) groups excluding carboxylic acids is 1. The zero-order valence-corrected chi connectivity index (χ0v) is 12.0. The molecular weight excluding hydrogens is 270 g/mol. The second kappa shape index (κ2) is 6.55. The Kier molecular flexibility index (Phi) is 5.03. The molecule has 0 aromatic carbocycles. The van der Waals surface area contributed by atoms with Crippen molar-refractivity contribution in [2.24, 2.45) is 5.92 Å². The maximum absolute atomic E-state index is 11.4. The Balaban J connectivity index is 1.72. The first kappa shape index (κ1) is 13.8. The highest BCUT2D eigenvalue weighted by atomic mass is 35.5. The zero-order valence-electron chi connectivity index (χ0n) is 10.4. The highest BCUT2D eigenvalue weighted by molar-refractivity contribution is 7.16. The summed E-state index contributed by atoms with van der Waals surface area (Å²) in [4.78, 5) is 12.7. The second-order valence-corrected chi connectivity index (χ2v) is 6.46. The Morgan fingerprint density at radius 3 is 2.72 bits per heavy atom. The van der Waals surface area contributed by atoms with Crippen molar-refractivity contribution in [3.05, 3.63) is 21.3 Å². The molecule has 1 fully saturated rings. The van der Waals surface area contributed by atoms with Crippen molar-refractivity contribution in [1.29, 1.82) is 0 Å². The summed E-state index contributed by atoms with van der Waals surface area (Å²) in [7, 11) is 1.47. The summed E-state index contributed by atoms with van der Waals surface area (Å²) in [6, 6.07) is 4.49. The van der Waals surface area contributed by atoms with E-state index in [1.54, 1.807) is 11.3 Å². The molecule has 0 aliphatic heterocycles. The lowest BCUT2D eigenvalue weighted by molar-refractivity contribution is -0.146. The Bertz CT molecular complexity index is 399. The van der Waals surface area contributed by atoms with Crippen molar-refractivity contribution in [2.45, 2.75) is 38.3 Å². The number of nitrogens with one attached hydrogen (secondary N) is 1. The van der Waals surface area contributed by atoms with Gasteiger partial charge in [0.1, 0.15) is 0 Å². The Morgan fingerprint density at radius 1 is 1.44 bits per heavy atom. The lowest BCUT2D eigenvalue weighted by Crippen LogP contribution is -2.34. The number of methoxy groups -OCH3 is 1. The van der Waals surface area contributed by atoms with E-state index >= 15 is 0 Å². The van der Waals surface area contributed by atoms with E-state index in [2.05, 4.69) is 11.4 Å². The fraction of sp³-hybridized carbons (Fsp3) is 0.615. The predicted molar refractivity (Wildman–Crippen MR) is 73.9 cm³/mol. The van der Waals surface area contributed by atoms with E-state index in [0.29, 0.717) is 6.04 Å². The maximum Gasteiger partial charge on any atom is 0.308 e. The van der Waals surface area contributed by atoms with Gasteiger partial charge in [-0.05, 0) is 37.8 Å². The van der Waals surface area contributed by atoms with Gasteiger partial charge in [-0.2, -0.15) is 0 Å². The number of ether oxygens (including phenoxy) is 1. The van der Waals surface area contributed by atoms with Crippen LogP contribution in [0.3, 0.4) is 0 Å². The van der Waals surface area contributed by atoms with Crippen molar-refractivity contribution >= 4 is 28.9 Å². The van der Waals surface area contributed by atoms with Crippen LogP contribution in [-0.2, 0) is 16.1 Å². The van der Waals surface area contributed by atoms with Gasteiger partial charge in [0.15, 0.2) is 0 Å². The molecule has 0 amide bonds. The molecule has 1 N–H and O–H groups in total. The molecule has 1 aliphatic carbocycles. The van der Waals surface area contributed by atoms with Crippen LogP contribution in [-0.4, -0.2) is 19.1 Å². The summed E-state index contributed by atoms with van der Waals surface area (Å²) < 4.78 is 5.62. The van der Waals surface area contributed by atoms with Gasteiger partial charge in [-0.25, -0.2) is 0 Å². The zero-order chi connectivity index (χ0) is 13.0. The first-order valence-electron chi connectivity index (χ1n) is 6.24. The maximum atomic E-state index is 11.4. The van der Waals surface area contributed by atoms with Gasteiger partial charge >= 0.3 is 5.97 Å². The molecule has 0 atom stereocenters. The van der Waals surface area contributed by atoms with E-state index in [1.165, 1.54) is 12.0 Å². The summed E-state index contributed by atoms with van der Waals surface area (Å²) in [5.74, 6) is 0.0442. The van der Waals surface area contributed by atoms with Gasteiger partial charge < -0.3 is 10.1 Å². The first-order chi connectivity index (χ1) is 8.69. The molecule has 0 spiro atoms. The molecule has 1 aromatic heterocycles. The molecule has 5 heteroatoms. The summed E-state index contributed by atoms with van der Waals surface area (Å²) in [6.45, 7) is 0.866. The van der Waals surface area contributed by atoms with Gasteiger partial charge in [0, 0.05) is 17.5 Å². The van der Waals surface area contributed by atoms with Gasteiger partial charge in [0.25, 0.3) is 0 Å². The Labute approximate surface area is 116 Å². The summed E-state index contributed by atoms with van der Waals surface area (Å²) in [5.41, 5.74) is 0. The number of hydrogen-bond acceptors (Lipinski definition) is 4. The van der Waals surface area contributed by atoms with Gasteiger partial charge in [-0.3, -0.25) is 4.79 Å². The Hall–Kier alpha value is -0.580. The highest BCUT2D eigenvalue weighted by Gasteiger charge is 2.26. The van der Waals surface area contributed by atoms with E-state index in [4.69, 9.17) is 16.3 Å². The number of esters is 1. The second-order valence-electron chi connectivity index (χ2n) is 4.66. The van der Waals surface area contributed by atoms with Crippen molar-refractivity contribution in [1.82, 2.24) is 5.32 Å². The predicted octanol–water partition coefficient (Wildman–Crippen LogP) is 3.22. The SMILES string of the molecule is COC(=O)C1CCC(NCc2ccc(Cl)s2)CC1. The number of carbonyl (C=O) groups is 1. The van der Waals surface area contributed by atoms with E-state index in [9.17, 15) is 4.79 Å². The Morgan fingerprint density at radius 2 is 2.17 bits per heavy atom. The number of rotatable bonds is 4. The minimum Gasteiger partial charge on any atom is -0.469 e. The number of hydrogen-bond donors (Lipinski definition) is 1. The monoisotopic (exact) mass is 287 g/mol. The molecule has 0 radical (unpaired) electrons. The molecule has 1 aliphatic rings. The third kappa shape index (κ3) is 3.70. The molecule has 0 saturated heterocycles. The highest BCUT2D eigenvalue weighted by Crippen LogP contribution is 2.26. The van der Waals surface area contributed by atoms with Crippen LogP contribution in [0.15, 0.2) is 12.1 Å². The van der Waals surface area contributed by atoms with E-state index in [1.807, 2.05) is 6.07 Å². The average Bonchev–Trinajstić information content (AvgIpc) is 2.82. The van der Waals surface area contributed by atoms with E-state index in [-0.39, 0.29) is 11.9 Å². The van der Waals surface area contributed by atoms with Crippen molar-refractivity contribution in [2.75, 3.05) is 7.11 Å². The van der Waals surface area contributed by atoms with Crippen LogP contribution >= 0.6 is 22.9 Å². The standard InChI is InChI=1S/C13H18ClNO2S/c1-17-13(16)9-2-4-10(5-3-9)15-8-11-6-7-12(14)18-11/h6-7,9-10,15H,2-5,8H2,1H3. The van der Waals surface area contributed by atoms with Crippen molar-refractivity contribution < 1.29 is 9.53 Å². The molecule has 100 valence electrons. The van der Waals surface area contributed by atoms with Crippen LogP contribution in [0.2, 0.25) is 4.34 Å². The molecule has 0 unspecified atom stereocenters. The van der Waals surface area contributed by atoms with Gasteiger partial charge in [-0.1, -0.05) is 11.6 Å². The first-order valence-corrected chi connectivity index (χ1v) is 7.44. The van der Waals surface area contributed by atoms with Gasteiger partial charge in [0.05, 0.1) is 17.4 Å². The van der Waals surface area contributed by atoms with Gasteiger partial charge in [0.2, 0.25) is 0 Å². The van der Waals surface area contributed by atoms with Crippen LogP contribution in [0.1, 0.15) is 30.6 Å². The molecule has 2 rings (SSSR count). The fourth-order valence-electron chi connectivity index (χ4n) is 2.39. The largest absolute Gasteiger partial charge is 0.469 e. The topological polar surface area (TPSA) is 38.3 Å². The van der Waals surface area contributed by atoms with Crippen LogP contribution in [0, 0.1) is 5.92 Å². The molecule has 3 nitrogen and oxygen atoms in total. The number of halogens is 1. The summed E-state index contributed by atoms with van der Waals surface area (Å²) in [5, 5.41) is 3.53. The molecule has 1 heterocycles. The lowest BCUT2D eigenvalue weighted by atomic mass is 9.86. The van der Waals surface area contributed by atoms with E-state index < -0.39 is 0 Å². The van der Waals surface area contributed by atoms with Crippen LogP contribution in [0.5, 0.6) is 0 Å². The normalized spacial score (nSPS) is 23.9.